The zero-order chi connectivity index (χ0) is 107. The van der Waals surface area contributed by atoms with Gasteiger partial charge in [-0.05, 0) is 141 Å². The van der Waals surface area contributed by atoms with E-state index in [0.29, 0.717) is 167 Å². The largest absolute Gasteiger partial charge is 0.460 e. The van der Waals surface area contributed by atoms with E-state index in [-0.39, 0.29) is 178 Å². The molecule has 4 amide bonds. The number of amides is 4. The molecule has 38 nitrogen and oxygen atoms in total. The van der Waals surface area contributed by atoms with Crippen molar-refractivity contribution in [1.29, 1.82) is 0 Å². The Kier molecular flexibility index (Phi) is 40.3. The first-order valence-corrected chi connectivity index (χ1v) is 52.3. The first-order chi connectivity index (χ1) is 68.7. The number of nitrogens with two attached hydrogens (primary N) is 1. The molecule has 0 aromatic carbocycles. The van der Waals surface area contributed by atoms with Crippen molar-refractivity contribution in [1.82, 2.24) is 54.8 Å². The number of aldehydes is 1. The maximum atomic E-state index is 14.0. The maximum Gasteiger partial charge on any atom is 0.416 e. The maximum absolute atomic E-state index is 14.0. The minimum atomic E-state index is -2.75. The Morgan fingerprint density at radius 2 is 0.726 bits per heavy atom. The molecule has 8 fully saturated rings. The average molecular weight is 2200 g/mol. The molecular weight excluding hydrogens is 2070 g/mol. The number of halogens is 9. The fraction of sp³-hybridized carbons (Fsp3) is 0.642. The highest BCUT2D eigenvalue weighted by Crippen LogP contribution is 2.45. The van der Waals surface area contributed by atoms with Gasteiger partial charge in [0.25, 0.3) is 0 Å². The Labute approximate surface area is 867 Å². The summed E-state index contributed by atoms with van der Waals surface area (Å²) in [4.78, 5) is 160. The number of ether oxygens (including phenoxy) is 9. The van der Waals surface area contributed by atoms with E-state index >= 15 is 0 Å². The van der Waals surface area contributed by atoms with E-state index in [2.05, 4.69) is 75.5 Å². The van der Waals surface area contributed by atoms with Crippen molar-refractivity contribution in [2.75, 3.05) is 156 Å². The zero-order valence-electron chi connectivity index (χ0n) is 84.2. The third kappa shape index (κ3) is 34.3. The molecule has 0 unspecified atom stereocenters. The van der Waals surface area contributed by atoms with Gasteiger partial charge in [-0.1, -0.05) is 28.1 Å². The van der Waals surface area contributed by atoms with Crippen molar-refractivity contribution < 1.29 is 121 Å². The van der Waals surface area contributed by atoms with E-state index in [1.54, 1.807) is 130 Å². The third-order valence-electron chi connectivity index (χ3n) is 23.3. The second kappa shape index (κ2) is 50.7. The fourth-order valence-electron chi connectivity index (χ4n) is 16.2. The van der Waals surface area contributed by atoms with E-state index in [1.165, 1.54) is 60.5 Å². The summed E-state index contributed by atoms with van der Waals surface area (Å²) in [5, 5.41) is 15.8. The van der Waals surface area contributed by atoms with Gasteiger partial charge in [-0.15, -0.1) is 34.0 Å². The van der Waals surface area contributed by atoms with Gasteiger partial charge in [-0.25, -0.2) is 114 Å². The molecule has 3 N–H and O–H groups in total. The van der Waals surface area contributed by atoms with Crippen molar-refractivity contribution >= 4 is 162 Å². The number of alkyl halides is 9. The van der Waals surface area contributed by atoms with Gasteiger partial charge in [0.15, 0.2) is 50.4 Å². The molecule has 15 rings (SSSR count). The van der Waals surface area contributed by atoms with Gasteiger partial charge in [0.05, 0.1) is 77.1 Å². The van der Waals surface area contributed by atoms with Gasteiger partial charge < -0.3 is 73.1 Å². The monoisotopic (exact) mass is 2190 g/mol. The summed E-state index contributed by atoms with van der Waals surface area (Å²) in [7, 11) is 0. The molecule has 0 radical (unpaired) electrons. The van der Waals surface area contributed by atoms with Crippen LogP contribution in [0.1, 0.15) is 232 Å². The molecule has 4 saturated carbocycles. The molecule has 4 aliphatic heterocycles. The van der Waals surface area contributed by atoms with E-state index in [9.17, 15) is 78.6 Å². The van der Waals surface area contributed by atoms with Crippen LogP contribution in [0.5, 0.6) is 0 Å². The first kappa shape index (κ1) is 116. The second-order valence-electron chi connectivity index (χ2n) is 39.5. The number of carbonyl (C=O) groups excluding carboxylic acids is 8. The molecular formula is C95H127BrF8N20O18S4. The van der Waals surface area contributed by atoms with Crippen molar-refractivity contribution in [3.8, 4) is 32.5 Å². The Hall–Kier alpha value is -10.4. The number of hydrogen-bond acceptors (Lipinski definition) is 37. The first-order valence-electron chi connectivity index (χ1n) is 48.1. The number of carbonyl (C=O) groups is 8. The molecule has 7 aromatic rings. The lowest BCUT2D eigenvalue weighted by Gasteiger charge is -2.37. The lowest BCUT2D eigenvalue weighted by molar-refractivity contribution is -0.152. The van der Waals surface area contributed by atoms with Crippen molar-refractivity contribution in [2.24, 2.45) is 5.73 Å². The smallest absolute Gasteiger partial charge is 0.416 e. The summed E-state index contributed by atoms with van der Waals surface area (Å²) >= 11 is 11.6. The molecule has 146 heavy (non-hydrogen) atoms. The number of esters is 1. The third-order valence-corrected chi connectivity index (χ3v) is 26.6. The van der Waals surface area contributed by atoms with Crippen LogP contribution in [0, 0.1) is 0 Å². The number of aliphatic hydroxyl groups excluding tert-OH is 1. The van der Waals surface area contributed by atoms with Crippen LogP contribution in [0.2, 0.25) is 0 Å². The molecule has 7 aromatic heterocycles. The van der Waals surface area contributed by atoms with Crippen molar-refractivity contribution in [3.63, 3.8) is 0 Å². The summed E-state index contributed by atoms with van der Waals surface area (Å²) in [6, 6.07) is 4.73. The normalized spacial score (nSPS) is 18.4. The molecule has 8 aliphatic rings. The predicted molar refractivity (Wildman–Crippen MR) is 540 cm³/mol. The number of hydrogen-bond donors (Lipinski definition) is 2. The number of ketones is 2. The summed E-state index contributed by atoms with van der Waals surface area (Å²) in [5.74, 6) is -8.28. The van der Waals surface area contributed by atoms with Crippen LogP contribution in [0.15, 0.2) is 40.4 Å². The molecule has 51 heteroatoms. The van der Waals surface area contributed by atoms with Crippen LogP contribution < -0.4 is 44.9 Å². The summed E-state index contributed by atoms with van der Waals surface area (Å²) < 4.78 is 160. The number of thiocarbonyl (C=S) groups is 1. The van der Waals surface area contributed by atoms with Crippen LogP contribution in [0.4, 0.5) is 101 Å². The number of thiazole rings is 3. The highest BCUT2D eigenvalue weighted by atomic mass is 79.9. The Morgan fingerprint density at radius 3 is 0.979 bits per heavy atom. The summed E-state index contributed by atoms with van der Waals surface area (Å²) in [6.07, 6.45) is -3.48. The van der Waals surface area contributed by atoms with E-state index in [1.807, 2.05) is 19.6 Å². The quantitative estimate of drug-likeness (QED) is 0.00930. The number of morpholine rings is 4. The van der Waals surface area contributed by atoms with Gasteiger partial charge in [0.1, 0.15) is 85.3 Å². The summed E-state index contributed by atoms with van der Waals surface area (Å²) in [6.45, 7) is 33.2. The fourth-order valence-corrected chi connectivity index (χ4v) is 18.8. The highest BCUT2D eigenvalue weighted by Gasteiger charge is 2.47. The van der Waals surface area contributed by atoms with Crippen molar-refractivity contribution in [2.45, 2.75) is 277 Å². The SMILES string of the molecule is CC(=O)c1csc(-c2nc(N3CCOCC3)cc(N(C(=O)OC(C)(C)C)C3CCC(F)(F)CC3)n2)n1.CC(C)(C)OC(=O)N(c1cc(N2CCOCC2)nc(-c2nc(C=O)cs2)n1)C1CCC(F)(F)CC1.CC(C)(C)OC(=O)N(c1cc(N2CCOCC2)nc(-c2nc(CO)cs2)n1)C1CCC(F)(F)CC1.CC(C)(C)OC(=O)N(c1cc(N2CCOCC2)nc(C(N)=S)n1)C1CCC(F)(F)CC1.CCOC(=O)C(=O)CBr. The Bertz CT molecular complexity index is 5590. The molecule has 0 atom stereocenters. The van der Waals surface area contributed by atoms with Gasteiger partial charge in [0, 0.05) is 175 Å². The molecule has 0 spiro atoms. The van der Waals surface area contributed by atoms with Gasteiger partial charge in [0.2, 0.25) is 29.5 Å². The van der Waals surface area contributed by atoms with Crippen LogP contribution in [-0.4, -0.2) is 301 Å². The van der Waals surface area contributed by atoms with Crippen LogP contribution >= 0.6 is 62.2 Å². The van der Waals surface area contributed by atoms with Crippen molar-refractivity contribution in [3.05, 3.63) is 63.3 Å². The Morgan fingerprint density at radius 1 is 0.445 bits per heavy atom. The topological polar surface area (TPSA) is 434 Å². The summed E-state index contributed by atoms with van der Waals surface area (Å²) in [5.41, 5.74) is 3.73. The highest BCUT2D eigenvalue weighted by molar-refractivity contribution is 9.09. The standard InChI is InChI=1S/C24H31F2N5O4S.C23H31F2N5O4S.C23H29F2N5O4S.C20H29F2N5O3S.C5H7BrO3/c1-15(32)17-14-36-21(27-17)20-28-18(30-9-11-34-12-10-30)13-19(29-20)31(22(33)35-23(2,3)4)16-5-7-24(25,26)8-6-16;2*1-22(2,3)34-21(32)30(16-4-6-23(24,25)7-5-16)18-12-17(29-8-10-33-11-9-29)27-19(28-18)20-26-15(13-31)14-35-20;1-19(2,3)30-18(28)27(13-4-6-20(21,22)7-5-13)15-12-14(24-17(25-15)16(23)31)26-8-10-29-11-9-26;1-2-9-5(8)4(7)3-6/h13-14,16H,5-12H2,1-4H3;12,14,16,31H,4-11,13H2,1-3H3;12-14,16H,4-11H2,1-3H3;12-13H,4-11H2,1-3H3,(H2,23,31);2-3H2,1H3. The van der Waals surface area contributed by atoms with Gasteiger partial charge >= 0.3 is 30.3 Å². The van der Waals surface area contributed by atoms with Gasteiger partial charge in [-0.3, -0.25) is 34.0 Å². The second-order valence-corrected chi connectivity index (χ2v) is 43.1. The number of nitrogens with zero attached hydrogens (tertiary/aromatic N) is 19. The lowest BCUT2D eigenvalue weighted by atomic mass is 9.91. The zero-order valence-corrected chi connectivity index (χ0v) is 89.0. The lowest BCUT2D eigenvalue weighted by Crippen LogP contribution is -2.47. The van der Waals surface area contributed by atoms with Gasteiger partial charge in [-0.2, -0.15) is 0 Å². The number of Topliss-reactive ketones (excluding diaryl/α,β-unsaturated/α-hetero) is 2. The van der Waals surface area contributed by atoms with E-state index in [4.69, 9.17) is 55.8 Å². The van der Waals surface area contributed by atoms with E-state index < -0.39 is 106 Å². The molecule has 11 heterocycles. The number of anilines is 8. The van der Waals surface area contributed by atoms with Crippen LogP contribution in [0.3, 0.4) is 0 Å². The Balaban J connectivity index is 0.000000180. The van der Waals surface area contributed by atoms with E-state index in [0.717, 1.165) is 0 Å². The van der Waals surface area contributed by atoms with Crippen LogP contribution in [0.25, 0.3) is 32.5 Å². The molecule has 0 bridgehead atoms. The number of aromatic nitrogens is 11. The molecule has 802 valence electrons. The number of aliphatic hydroxyl groups is 1. The minimum Gasteiger partial charge on any atom is -0.460 e. The predicted octanol–water partition coefficient (Wildman–Crippen LogP) is 17.6. The average Bonchev–Trinajstić information content (AvgIpc) is 1.22. The minimum absolute atomic E-state index is 0.0179. The number of rotatable bonds is 22. The molecule has 4 saturated heterocycles. The van der Waals surface area contributed by atoms with Crippen LogP contribution in [-0.2, 0) is 58.8 Å². The molecule has 4 aliphatic carbocycles.